The molecule has 2 saturated carbocycles. The van der Waals surface area contributed by atoms with Crippen LogP contribution in [-0.4, -0.2) is 75.4 Å². The molecule has 4 rings (SSSR count). The van der Waals surface area contributed by atoms with Crippen LogP contribution in [0.4, 0.5) is 13.2 Å². The zero-order valence-corrected chi connectivity index (χ0v) is 22.4. The molecule has 11 heteroatoms. The lowest BCUT2D eigenvalue weighted by Gasteiger charge is -2.40. The van der Waals surface area contributed by atoms with Crippen molar-refractivity contribution in [3.05, 3.63) is 35.6 Å². The largest absolute Gasteiger partial charge is 0.378 e. The number of halogens is 3. The normalized spacial score (nSPS) is 30.5. The standard InChI is InChI=1S/C26H38F3N3O4S/c1-31(2)37(34,35)30-24-11-13-32(25(33)20-10-12-26(28,29)15-20)16-21(24)17-36-23-8-6-18(7-9-23)19-4-3-5-22(27)14-19/h3-5,14,18,20-21,23-24,30H,6-13,15-17H2,1-2H3/t18-,20?,21?,23+,24?. The summed E-state index contributed by atoms with van der Waals surface area (Å²) in [6, 6.07) is 6.27. The third-order valence-electron chi connectivity index (χ3n) is 8.12. The average Bonchev–Trinajstić information content (AvgIpc) is 3.22. The van der Waals surface area contributed by atoms with Crippen molar-refractivity contribution in [3.8, 4) is 0 Å². The first-order valence-corrected chi connectivity index (χ1v) is 14.6. The topological polar surface area (TPSA) is 79.0 Å². The number of amides is 1. The van der Waals surface area contributed by atoms with Crippen molar-refractivity contribution in [1.29, 1.82) is 0 Å². The van der Waals surface area contributed by atoms with Crippen molar-refractivity contribution >= 4 is 16.1 Å². The van der Waals surface area contributed by atoms with Crippen LogP contribution in [0.1, 0.15) is 62.8 Å². The van der Waals surface area contributed by atoms with Gasteiger partial charge in [0.15, 0.2) is 0 Å². The lowest BCUT2D eigenvalue weighted by Crippen LogP contribution is -2.56. The molecule has 1 saturated heterocycles. The van der Waals surface area contributed by atoms with E-state index in [1.807, 2.05) is 6.07 Å². The molecule has 0 aromatic heterocycles. The van der Waals surface area contributed by atoms with Crippen LogP contribution in [0.25, 0.3) is 0 Å². The molecule has 1 amide bonds. The third-order valence-corrected chi connectivity index (χ3v) is 9.68. The number of ether oxygens (including phenoxy) is 1. The summed E-state index contributed by atoms with van der Waals surface area (Å²) in [5.74, 6) is -4.01. The van der Waals surface area contributed by atoms with Crippen LogP contribution < -0.4 is 4.72 Å². The molecule has 1 aromatic carbocycles. The summed E-state index contributed by atoms with van der Waals surface area (Å²) >= 11 is 0. The van der Waals surface area contributed by atoms with E-state index >= 15 is 0 Å². The number of carbonyl (C=O) groups excluding carboxylic acids is 1. The van der Waals surface area contributed by atoms with Crippen molar-refractivity contribution in [2.24, 2.45) is 11.8 Å². The van der Waals surface area contributed by atoms with Gasteiger partial charge in [-0.2, -0.15) is 17.4 Å². The summed E-state index contributed by atoms with van der Waals surface area (Å²) in [5, 5.41) is 0. The van der Waals surface area contributed by atoms with Crippen LogP contribution in [0.5, 0.6) is 0 Å². The molecule has 7 nitrogen and oxygen atoms in total. The second-order valence-corrected chi connectivity index (χ2v) is 12.9. The molecule has 37 heavy (non-hydrogen) atoms. The molecule has 3 atom stereocenters. The third kappa shape index (κ3) is 7.25. The fourth-order valence-electron chi connectivity index (χ4n) is 5.86. The van der Waals surface area contributed by atoms with E-state index in [0.29, 0.717) is 13.0 Å². The van der Waals surface area contributed by atoms with Gasteiger partial charge in [-0.05, 0) is 62.1 Å². The summed E-state index contributed by atoms with van der Waals surface area (Å²) in [7, 11) is -0.793. The molecule has 2 aliphatic carbocycles. The Kier molecular flexibility index (Phi) is 8.87. The van der Waals surface area contributed by atoms with Crippen molar-refractivity contribution in [2.45, 2.75) is 75.4 Å². The number of benzene rings is 1. The Morgan fingerprint density at radius 3 is 2.51 bits per heavy atom. The zero-order chi connectivity index (χ0) is 26.8. The number of hydrogen-bond donors (Lipinski definition) is 1. The van der Waals surface area contributed by atoms with Gasteiger partial charge in [0.2, 0.25) is 11.8 Å². The number of likely N-dealkylation sites (tertiary alicyclic amines) is 1. The highest BCUT2D eigenvalue weighted by atomic mass is 32.2. The van der Waals surface area contributed by atoms with Gasteiger partial charge < -0.3 is 9.64 Å². The highest BCUT2D eigenvalue weighted by molar-refractivity contribution is 7.87. The van der Waals surface area contributed by atoms with Gasteiger partial charge in [-0.15, -0.1) is 0 Å². The van der Waals surface area contributed by atoms with Crippen molar-refractivity contribution in [2.75, 3.05) is 33.8 Å². The minimum absolute atomic E-state index is 0.00415. The van der Waals surface area contributed by atoms with Crippen molar-refractivity contribution < 1.29 is 31.1 Å². The van der Waals surface area contributed by atoms with E-state index in [-0.39, 0.29) is 55.7 Å². The lowest BCUT2D eigenvalue weighted by molar-refractivity contribution is -0.139. The Morgan fingerprint density at radius 1 is 1.16 bits per heavy atom. The molecule has 1 aliphatic heterocycles. The predicted molar refractivity (Wildman–Crippen MR) is 134 cm³/mol. The van der Waals surface area contributed by atoms with Crippen molar-refractivity contribution in [1.82, 2.24) is 13.9 Å². The van der Waals surface area contributed by atoms with Gasteiger partial charge in [0.05, 0.1) is 12.7 Å². The van der Waals surface area contributed by atoms with Gasteiger partial charge in [-0.25, -0.2) is 13.2 Å². The Bertz CT molecular complexity index is 1050. The molecule has 3 aliphatic rings. The maximum absolute atomic E-state index is 13.7. The second kappa shape index (κ2) is 11.6. The molecule has 1 N–H and O–H groups in total. The number of piperidine rings is 1. The highest BCUT2D eigenvalue weighted by Gasteiger charge is 2.45. The van der Waals surface area contributed by atoms with E-state index in [4.69, 9.17) is 4.74 Å². The molecule has 3 unspecified atom stereocenters. The smallest absolute Gasteiger partial charge is 0.279 e. The van der Waals surface area contributed by atoms with Gasteiger partial charge >= 0.3 is 0 Å². The molecule has 3 fully saturated rings. The van der Waals surface area contributed by atoms with Crippen LogP contribution in [0, 0.1) is 17.7 Å². The van der Waals surface area contributed by atoms with Crippen LogP contribution >= 0.6 is 0 Å². The maximum Gasteiger partial charge on any atom is 0.279 e. The number of nitrogens with one attached hydrogen (secondary N) is 1. The number of carbonyl (C=O) groups is 1. The zero-order valence-electron chi connectivity index (χ0n) is 21.5. The number of rotatable bonds is 8. The van der Waals surface area contributed by atoms with E-state index < -0.39 is 34.5 Å². The first kappa shape index (κ1) is 28.3. The Balaban J connectivity index is 1.36. The molecule has 1 heterocycles. The Labute approximate surface area is 217 Å². The minimum Gasteiger partial charge on any atom is -0.378 e. The molecule has 0 radical (unpaired) electrons. The highest BCUT2D eigenvalue weighted by Crippen LogP contribution is 2.40. The monoisotopic (exact) mass is 545 g/mol. The van der Waals surface area contributed by atoms with Crippen LogP contribution in [0.3, 0.4) is 0 Å². The predicted octanol–water partition coefficient (Wildman–Crippen LogP) is 3.92. The molecule has 1 aromatic rings. The van der Waals surface area contributed by atoms with Crippen LogP contribution in [0.15, 0.2) is 24.3 Å². The molecular weight excluding hydrogens is 507 g/mol. The van der Waals surface area contributed by atoms with Gasteiger partial charge in [0.1, 0.15) is 5.82 Å². The van der Waals surface area contributed by atoms with E-state index in [1.54, 1.807) is 17.0 Å². The van der Waals surface area contributed by atoms with Crippen molar-refractivity contribution in [3.63, 3.8) is 0 Å². The van der Waals surface area contributed by atoms with E-state index in [0.717, 1.165) is 35.6 Å². The summed E-state index contributed by atoms with van der Waals surface area (Å²) in [6.45, 7) is 0.845. The molecule has 208 valence electrons. The SMILES string of the molecule is CN(C)S(=O)(=O)NC1CCN(C(=O)C2CCC(F)(F)C2)CC1CO[C@H]1CC[C@@H](c2cccc(F)c2)CC1. The Hall–Kier alpha value is -1.69. The fourth-order valence-corrected chi connectivity index (χ4v) is 6.76. The number of hydrogen-bond acceptors (Lipinski definition) is 4. The first-order valence-electron chi connectivity index (χ1n) is 13.2. The van der Waals surface area contributed by atoms with E-state index in [1.165, 1.54) is 20.2 Å². The second-order valence-electron chi connectivity index (χ2n) is 11.0. The Morgan fingerprint density at radius 2 is 1.89 bits per heavy atom. The van der Waals surface area contributed by atoms with E-state index in [2.05, 4.69) is 4.72 Å². The number of alkyl halides is 2. The first-order chi connectivity index (χ1) is 17.4. The van der Waals surface area contributed by atoms with E-state index in [9.17, 15) is 26.4 Å². The van der Waals surface area contributed by atoms with Gasteiger partial charge in [0.25, 0.3) is 10.2 Å². The van der Waals surface area contributed by atoms with Gasteiger partial charge in [-0.1, -0.05) is 12.1 Å². The fraction of sp³-hybridized carbons (Fsp3) is 0.731. The summed E-state index contributed by atoms with van der Waals surface area (Å²) in [5.41, 5.74) is 0.996. The quantitative estimate of drug-likeness (QED) is 0.537. The molecule has 0 bridgehead atoms. The average molecular weight is 546 g/mol. The summed E-state index contributed by atoms with van der Waals surface area (Å²) in [6.07, 6.45) is 3.23. The van der Waals surface area contributed by atoms with Crippen LogP contribution in [-0.2, 0) is 19.7 Å². The molecular formula is C26H38F3N3O4S. The summed E-state index contributed by atoms with van der Waals surface area (Å²) in [4.78, 5) is 14.6. The van der Waals surface area contributed by atoms with Gasteiger partial charge in [0, 0.05) is 57.9 Å². The minimum atomic E-state index is -3.69. The summed E-state index contributed by atoms with van der Waals surface area (Å²) < 4.78 is 76.2. The van der Waals surface area contributed by atoms with Crippen LogP contribution in [0.2, 0.25) is 0 Å². The maximum atomic E-state index is 13.7. The molecule has 0 spiro atoms. The van der Waals surface area contributed by atoms with Gasteiger partial charge in [-0.3, -0.25) is 4.79 Å². The lowest BCUT2D eigenvalue weighted by atomic mass is 9.82. The number of nitrogens with zero attached hydrogens (tertiary/aromatic N) is 2.